The van der Waals surface area contributed by atoms with Gasteiger partial charge in [0.05, 0.1) is 30.3 Å². The van der Waals surface area contributed by atoms with Gasteiger partial charge >= 0.3 is 5.97 Å². The second-order valence-corrected chi connectivity index (χ2v) is 9.14. The van der Waals surface area contributed by atoms with E-state index in [-0.39, 0.29) is 6.04 Å². The largest absolute Gasteiger partial charge is 0.468 e. The average molecular weight is 450 g/mol. The number of hydrogen-bond acceptors (Lipinski definition) is 8. The number of nitrogens with one attached hydrogen (secondary N) is 1. The van der Waals surface area contributed by atoms with Crippen molar-refractivity contribution in [1.82, 2.24) is 14.9 Å². The monoisotopic (exact) mass is 449 g/mol. The minimum atomic E-state index is -1.14. The second-order valence-electron chi connectivity index (χ2n) is 8.16. The lowest BCUT2D eigenvalue weighted by molar-refractivity contribution is -0.141. The van der Waals surface area contributed by atoms with Crippen LogP contribution in [0.3, 0.4) is 0 Å². The molecule has 3 aromatic rings. The van der Waals surface area contributed by atoms with Crippen LogP contribution < -0.4 is 5.32 Å². The highest BCUT2D eigenvalue weighted by Crippen LogP contribution is 2.31. The molecule has 0 unspecified atom stereocenters. The Kier molecular flexibility index (Phi) is 6.98. The molecular weight excluding hydrogens is 422 g/mol. The van der Waals surface area contributed by atoms with Crippen LogP contribution in [0.2, 0.25) is 0 Å². The van der Waals surface area contributed by atoms with Crippen LogP contribution in [-0.2, 0) is 9.53 Å². The fraction of sp³-hybridized carbons (Fsp3) is 0.417. The number of nitriles is 1. The number of thiophene rings is 1. The summed E-state index contributed by atoms with van der Waals surface area (Å²) in [6, 6.07) is 13.9. The van der Waals surface area contributed by atoms with Crippen molar-refractivity contribution in [2.45, 2.75) is 31.7 Å². The molecule has 1 saturated heterocycles. The van der Waals surface area contributed by atoms with Crippen LogP contribution in [0.15, 0.2) is 41.8 Å². The molecule has 0 saturated carbocycles. The van der Waals surface area contributed by atoms with Gasteiger partial charge in [0.15, 0.2) is 11.7 Å². The lowest BCUT2D eigenvalue weighted by Crippen LogP contribution is -2.39. The molecule has 0 amide bonds. The first kappa shape index (κ1) is 22.2. The van der Waals surface area contributed by atoms with E-state index in [0.29, 0.717) is 29.1 Å². The molecule has 1 N–H and O–H groups in total. The maximum Gasteiger partial charge on any atom is 0.329 e. The molecule has 1 fully saturated rings. The molecule has 1 aliphatic heterocycles. The van der Waals surface area contributed by atoms with Gasteiger partial charge in [-0.25, -0.2) is 9.97 Å². The van der Waals surface area contributed by atoms with Crippen molar-refractivity contribution in [3.8, 4) is 6.07 Å². The van der Waals surface area contributed by atoms with Crippen molar-refractivity contribution in [3.05, 3.63) is 52.3 Å². The molecule has 0 bridgehead atoms. The zero-order valence-corrected chi connectivity index (χ0v) is 19.1. The van der Waals surface area contributed by atoms with E-state index in [1.54, 1.807) is 11.3 Å². The fourth-order valence-electron chi connectivity index (χ4n) is 4.11. The van der Waals surface area contributed by atoms with E-state index in [2.05, 4.69) is 39.6 Å². The second kappa shape index (κ2) is 10.1. The molecule has 3 heterocycles. The molecule has 166 valence electrons. The third-order valence-electron chi connectivity index (χ3n) is 6.03. The first-order chi connectivity index (χ1) is 15.6. The first-order valence-electron chi connectivity index (χ1n) is 10.9. The van der Waals surface area contributed by atoms with Gasteiger partial charge in [-0.2, -0.15) is 5.26 Å². The summed E-state index contributed by atoms with van der Waals surface area (Å²) in [7, 11) is 1.28. The van der Waals surface area contributed by atoms with Crippen LogP contribution in [0.5, 0.6) is 0 Å². The van der Waals surface area contributed by atoms with Crippen LogP contribution in [0.25, 0.3) is 11.0 Å². The van der Waals surface area contributed by atoms with Gasteiger partial charge in [-0.05, 0) is 55.4 Å². The number of carbonyl (C=O) groups excluding carboxylic acids is 1. The molecule has 2 atom stereocenters. The zero-order chi connectivity index (χ0) is 22.5. The van der Waals surface area contributed by atoms with Crippen molar-refractivity contribution >= 4 is 34.2 Å². The summed E-state index contributed by atoms with van der Waals surface area (Å²) < 4.78 is 4.85. The Balaban J connectivity index is 1.66. The molecule has 32 heavy (non-hydrogen) atoms. The molecule has 0 aliphatic carbocycles. The van der Waals surface area contributed by atoms with E-state index in [4.69, 9.17) is 9.72 Å². The van der Waals surface area contributed by atoms with Crippen molar-refractivity contribution < 1.29 is 9.53 Å². The normalized spacial score (nSPS) is 16.9. The molecule has 0 spiro atoms. The summed E-state index contributed by atoms with van der Waals surface area (Å²) in [4.78, 5) is 25.4. The van der Waals surface area contributed by atoms with Gasteiger partial charge in [0, 0.05) is 11.4 Å². The predicted molar refractivity (Wildman–Crippen MR) is 125 cm³/mol. The summed E-state index contributed by atoms with van der Waals surface area (Å²) in [5.41, 5.74) is 1.65. The molecule has 4 rings (SSSR count). The number of carbonyl (C=O) groups is 1. The van der Waals surface area contributed by atoms with E-state index in [9.17, 15) is 10.1 Å². The number of aromatic nitrogens is 2. The number of piperidine rings is 1. The molecule has 8 heteroatoms. The number of methoxy groups -OCH3 is 1. The Morgan fingerprint density at radius 2 is 1.97 bits per heavy atom. The molecule has 1 aromatic carbocycles. The topological polar surface area (TPSA) is 91.1 Å². The van der Waals surface area contributed by atoms with E-state index in [1.165, 1.54) is 24.8 Å². The number of para-hydroxylation sites is 2. The van der Waals surface area contributed by atoms with Gasteiger partial charge < -0.3 is 10.1 Å². The highest BCUT2D eigenvalue weighted by atomic mass is 32.1. The number of ether oxygens (including phenoxy) is 1. The number of nitrogens with zero attached hydrogens (tertiary/aromatic N) is 4. The summed E-state index contributed by atoms with van der Waals surface area (Å²) in [5.74, 6) is -0.583. The van der Waals surface area contributed by atoms with Crippen LogP contribution in [0.4, 0.5) is 5.82 Å². The van der Waals surface area contributed by atoms with Gasteiger partial charge in [0.2, 0.25) is 0 Å². The third-order valence-corrected chi connectivity index (χ3v) is 7.00. The SMILES string of the molecule is COC(=O)[C@@H](C#N)c1nc2ccccc2nc1NC[C@H](c1cccs1)N1CCC(C)CC1. The fourth-order valence-corrected chi connectivity index (χ4v) is 4.97. The number of benzene rings is 1. The van der Waals surface area contributed by atoms with E-state index in [1.807, 2.05) is 30.3 Å². The number of rotatable bonds is 7. The smallest absolute Gasteiger partial charge is 0.329 e. The Morgan fingerprint density at radius 1 is 1.25 bits per heavy atom. The van der Waals surface area contributed by atoms with Crippen molar-refractivity contribution in [3.63, 3.8) is 0 Å². The van der Waals surface area contributed by atoms with Gasteiger partial charge in [0.1, 0.15) is 5.69 Å². The number of fused-ring (bicyclic) bond motifs is 1. The van der Waals surface area contributed by atoms with Crippen LogP contribution in [0, 0.1) is 17.2 Å². The maximum absolute atomic E-state index is 12.3. The average Bonchev–Trinajstić information content (AvgIpc) is 3.35. The molecule has 1 aliphatic rings. The van der Waals surface area contributed by atoms with E-state index in [0.717, 1.165) is 19.0 Å². The van der Waals surface area contributed by atoms with Crippen LogP contribution in [0.1, 0.15) is 42.3 Å². The van der Waals surface area contributed by atoms with Gasteiger partial charge in [-0.3, -0.25) is 9.69 Å². The number of anilines is 1. The highest BCUT2D eigenvalue weighted by molar-refractivity contribution is 7.10. The van der Waals surface area contributed by atoms with Crippen molar-refractivity contribution in [1.29, 1.82) is 5.26 Å². The Morgan fingerprint density at radius 3 is 2.59 bits per heavy atom. The summed E-state index contributed by atoms with van der Waals surface area (Å²) in [6.45, 7) is 5.01. The van der Waals surface area contributed by atoms with Crippen LogP contribution >= 0.6 is 11.3 Å². The Bertz CT molecular complexity index is 1100. The van der Waals surface area contributed by atoms with E-state index < -0.39 is 11.9 Å². The third kappa shape index (κ3) is 4.74. The number of hydrogen-bond donors (Lipinski definition) is 1. The summed E-state index contributed by atoms with van der Waals surface area (Å²) in [6.07, 6.45) is 2.36. The minimum Gasteiger partial charge on any atom is -0.468 e. The lowest BCUT2D eigenvalue weighted by Gasteiger charge is -2.36. The van der Waals surface area contributed by atoms with Crippen LogP contribution in [-0.4, -0.2) is 47.6 Å². The summed E-state index contributed by atoms with van der Waals surface area (Å²) in [5, 5.41) is 15.2. The predicted octanol–water partition coefficient (Wildman–Crippen LogP) is 4.36. The minimum absolute atomic E-state index is 0.183. The highest BCUT2D eigenvalue weighted by Gasteiger charge is 2.29. The molecule has 0 radical (unpaired) electrons. The Hall–Kier alpha value is -3.02. The quantitative estimate of drug-likeness (QED) is 0.536. The first-order valence-corrected chi connectivity index (χ1v) is 11.7. The van der Waals surface area contributed by atoms with Gasteiger partial charge in [-0.1, -0.05) is 25.1 Å². The molecule has 2 aromatic heterocycles. The van der Waals surface area contributed by atoms with Crippen molar-refractivity contribution in [2.24, 2.45) is 5.92 Å². The van der Waals surface area contributed by atoms with Gasteiger partial charge in [-0.15, -0.1) is 11.3 Å². The van der Waals surface area contributed by atoms with Gasteiger partial charge in [0.25, 0.3) is 0 Å². The number of esters is 1. The summed E-state index contributed by atoms with van der Waals surface area (Å²) >= 11 is 1.74. The molecular formula is C24H27N5O2S. The number of likely N-dealkylation sites (tertiary alicyclic amines) is 1. The zero-order valence-electron chi connectivity index (χ0n) is 18.3. The standard InChI is InChI=1S/C24H27N5O2S/c1-16-9-11-29(12-10-16)20(21-8-5-13-32-21)15-26-23-22(17(14-25)24(30)31-2)27-18-6-3-4-7-19(18)28-23/h3-8,13,16-17,20H,9-12,15H2,1-2H3,(H,26,28)/t17-,20+/m0/s1. The lowest BCUT2D eigenvalue weighted by atomic mass is 9.97. The Labute approximate surface area is 192 Å². The molecule has 7 nitrogen and oxygen atoms in total. The van der Waals surface area contributed by atoms with Crippen molar-refractivity contribution in [2.75, 3.05) is 32.1 Å². The maximum atomic E-state index is 12.3. The van der Waals surface area contributed by atoms with E-state index >= 15 is 0 Å².